The van der Waals surface area contributed by atoms with E-state index < -0.39 is 28.9 Å². The van der Waals surface area contributed by atoms with Gasteiger partial charge in [-0.3, -0.25) is 0 Å². The number of hydrogen-bond acceptors (Lipinski definition) is 2. The zero-order valence-electron chi connectivity index (χ0n) is 15.5. The number of halogens is 5. The fourth-order valence-electron chi connectivity index (χ4n) is 3.55. The van der Waals surface area contributed by atoms with Gasteiger partial charge in [-0.15, -0.1) is 11.3 Å². The zero-order chi connectivity index (χ0) is 21.6. The Morgan fingerprint density at radius 2 is 1.70 bits per heavy atom. The molecular formula is C22H13F5N2S. The summed E-state index contributed by atoms with van der Waals surface area (Å²) < 4.78 is 69.4. The second kappa shape index (κ2) is 7.26. The first kappa shape index (κ1) is 20.1. The van der Waals surface area contributed by atoms with Gasteiger partial charge in [0.2, 0.25) is 0 Å². The van der Waals surface area contributed by atoms with Gasteiger partial charge < -0.3 is 4.57 Å². The number of hydrogen-bond donors (Lipinski definition) is 0. The highest BCUT2D eigenvalue weighted by Gasteiger charge is 2.36. The zero-order valence-corrected chi connectivity index (χ0v) is 16.3. The molecule has 2 nitrogen and oxygen atoms in total. The van der Waals surface area contributed by atoms with Gasteiger partial charge in [0, 0.05) is 32.4 Å². The summed E-state index contributed by atoms with van der Waals surface area (Å²) in [7, 11) is 0. The summed E-state index contributed by atoms with van der Waals surface area (Å²) >= 11 is 1.31. The molecule has 0 aliphatic carbocycles. The predicted molar refractivity (Wildman–Crippen MR) is 105 cm³/mol. The molecule has 30 heavy (non-hydrogen) atoms. The van der Waals surface area contributed by atoms with Crippen LogP contribution < -0.4 is 0 Å². The minimum Gasteiger partial charge on any atom is -0.340 e. The Balaban J connectivity index is 1.76. The van der Waals surface area contributed by atoms with E-state index in [2.05, 4.69) is 0 Å². The lowest BCUT2D eigenvalue weighted by atomic mass is 10.0. The van der Waals surface area contributed by atoms with Crippen molar-refractivity contribution >= 4 is 22.2 Å². The number of fused-ring (bicyclic) bond motifs is 1. The van der Waals surface area contributed by atoms with Gasteiger partial charge in [0.1, 0.15) is 11.6 Å². The van der Waals surface area contributed by atoms with E-state index in [-0.39, 0.29) is 5.39 Å². The molecule has 2 heterocycles. The molecule has 2 aromatic carbocycles. The molecule has 4 rings (SSSR count). The third-order valence-electron chi connectivity index (χ3n) is 4.82. The molecule has 0 atom stereocenters. The van der Waals surface area contributed by atoms with Crippen molar-refractivity contribution in [3.63, 3.8) is 0 Å². The highest BCUT2D eigenvalue weighted by Crippen LogP contribution is 2.39. The van der Waals surface area contributed by atoms with E-state index in [4.69, 9.17) is 5.26 Å². The van der Waals surface area contributed by atoms with Crippen LogP contribution in [0, 0.1) is 29.9 Å². The van der Waals surface area contributed by atoms with Crippen LogP contribution in [0.5, 0.6) is 0 Å². The summed E-state index contributed by atoms with van der Waals surface area (Å²) in [6.45, 7) is 1.99. The first-order valence-electron chi connectivity index (χ1n) is 8.82. The van der Waals surface area contributed by atoms with Crippen LogP contribution in [0.15, 0.2) is 48.5 Å². The summed E-state index contributed by atoms with van der Waals surface area (Å²) in [5, 5.41) is 9.07. The Morgan fingerprint density at radius 1 is 1.00 bits per heavy atom. The van der Waals surface area contributed by atoms with E-state index in [1.165, 1.54) is 41.7 Å². The van der Waals surface area contributed by atoms with Crippen molar-refractivity contribution in [1.82, 2.24) is 4.57 Å². The number of nitrogens with zero attached hydrogens (tertiary/aromatic N) is 2. The predicted octanol–water partition coefficient (Wildman–Crippen LogP) is 6.90. The van der Waals surface area contributed by atoms with Crippen LogP contribution in [-0.2, 0) is 12.7 Å². The molecule has 152 valence electrons. The van der Waals surface area contributed by atoms with Crippen LogP contribution in [0.2, 0.25) is 0 Å². The maximum atomic E-state index is 13.6. The molecule has 0 amide bonds. The van der Waals surface area contributed by atoms with Crippen LogP contribution in [0.3, 0.4) is 0 Å². The molecular weight excluding hydrogens is 419 g/mol. The van der Waals surface area contributed by atoms with Crippen LogP contribution in [-0.4, -0.2) is 4.57 Å². The summed E-state index contributed by atoms with van der Waals surface area (Å²) in [5.41, 5.74) is 0.0175. The highest BCUT2D eigenvalue weighted by atomic mass is 32.1. The van der Waals surface area contributed by atoms with E-state index in [0.29, 0.717) is 28.2 Å². The first-order chi connectivity index (χ1) is 14.2. The van der Waals surface area contributed by atoms with Gasteiger partial charge >= 0.3 is 6.18 Å². The van der Waals surface area contributed by atoms with Gasteiger partial charge in [0.25, 0.3) is 0 Å². The molecule has 0 radical (unpaired) electrons. The smallest absolute Gasteiger partial charge is 0.340 e. The van der Waals surface area contributed by atoms with E-state index in [0.717, 1.165) is 10.9 Å². The lowest BCUT2D eigenvalue weighted by molar-refractivity contribution is -0.136. The molecule has 0 bridgehead atoms. The van der Waals surface area contributed by atoms with Crippen LogP contribution in [0.4, 0.5) is 22.0 Å². The normalized spacial score (nSPS) is 11.8. The lowest BCUT2D eigenvalue weighted by Gasteiger charge is -2.11. The quantitative estimate of drug-likeness (QED) is 0.324. The van der Waals surface area contributed by atoms with Gasteiger partial charge in [0.15, 0.2) is 0 Å². The van der Waals surface area contributed by atoms with Crippen molar-refractivity contribution < 1.29 is 22.0 Å². The van der Waals surface area contributed by atoms with E-state index >= 15 is 0 Å². The maximum absolute atomic E-state index is 13.6. The van der Waals surface area contributed by atoms with E-state index in [1.54, 1.807) is 29.7 Å². The molecule has 2 aromatic heterocycles. The van der Waals surface area contributed by atoms with Crippen LogP contribution in [0.25, 0.3) is 21.3 Å². The van der Waals surface area contributed by atoms with Crippen molar-refractivity contribution in [2.75, 3.05) is 0 Å². The van der Waals surface area contributed by atoms with Crippen molar-refractivity contribution in [3.8, 4) is 16.5 Å². The van der Waals surface area contributed by atoms with Gasteiger partial charge in [-0.1, -0.05) is 0 Å². The Kier molecular flexibility index (Phi) is 4.86. The van der Waals surface area contributed by atoms with Gasteiger partial charge in [0.05, 0.1) is 23.7 Å². The Hall–Kier alpha value is -3.18. The number of alkyl halides is 3. The SMILES string of the molecule is Cc1cc2c(C(F)(F)F)c(C#N)ccc2n1Cc1ccc(-c2cc(F)cc(F)c2)s1. The van der Waals surface area contributed by atoms with Crippen molar-refractivity contribution in [2.45, 2.75) is 19.6 Å². The topological polar surface area (TPSA) is 28.7 Å². The van der Waals surface area contributed by atoms with Gasteiger partial charge in [-0.2, -0.15) is 18.4 Å². The van der Waals surface area contributed by atoms with Gasteiger partial charge in [-0.05, 0) is 55.0 Å². The average molecular weight is 432 g/mol. The molecule has 0 saturated heterocycles. The summed E-state index contributed by atoms with van der Waals surface area (Å²) in [6.07, 6.45) is -4.65. The summed E-state index contributed by atoms with van der Waals surface area (Å²) in [6, 6.07) is 12.5. The Labute approximate surface area is 172 Å². The molecule has 0 aliphatic heterocycles. The van der Waals surface area contributed by atoms with Crippen LogP contribution in [0.1, 0.15) is 21.7 Å². The minimum absolute atomic E-state index is 0.0250. The number of thiophene rings is 1. The highest BCUT2D eigenvalue weighted by molar-refractivity contribution is 7.15. The Bertz CT molecular complexity index is 1290. The van der Waals surface area contributed by atoms with Crippen molar-refractivity contribution in [1.29, 1.82) is 5.26 Å². The van der Waals surface area contributed by atoms with Gasteiger partial charge in [-0.25, -0.2) is 8.78 Å². The number of nitriles is 1. The molecule has 0 spiro atoms. The molecule has 0 unspecified atom stereocenters. The average Bonchev–Trinajstić information content (AvgIpc) is 3.24. The molecule has 8 heteroatoms. The van der Waals surface area contributed by atoms with E-state index in [9.17, 15) is 22.0 Å². The fraction of sp³-hybridized carbons (Fsp3) is 0.136. The fourth-order valence-corrected chi connectivity index (χ4v) is 4.53. The lowest BCUT2D eigenvalue weighted by Crippen LogP contribution is -2.09. The van der Waals surface area contributed by atoms with Crippen LogP contribution >= 0.6 is 11.3 Å². The molecule has 0 N–H and O–H groups in total. The molecule has 4 aromatic rings. The van der Waals surface area contributed by atoms with E-state index in [1.807, 2.05) is 0 Å². The second-order valence-electron chi connectivity index (χ2n) is 6.83. The number of aromatic nitrogens is 1. The molecule has 0 saturated carbocycles. The monoisotopic (exact) mass is 432 g/mol. The largest absolute Gasteiger partial charge is 0.418 e. The summed E-state index contributed by atoms with van der Waals surface area (Å²) in [5.74, 6) is -1.36. The number of rotatable bonds is 3. The number of benzene rings is 2. The van der Waals surface area contributed by atoms with Crippen molar-refractivity contribution in [3.05, 3.63) is 81.9 Å². The molecule has 0 fully saturated rings. The first-order valence-corrected chi connectivity index (χ1v) is 9.64. The minimum atomic E-state index is -4.65. The molecule has 0 aliphatic rings. The van der Waals surface area contributed by atoms with Crippen molar-refractivity contribution in [2.24, 2.45) is 0 Å². The number of aryl methyl sites for hydroxylation is 1. The summed E-state index contributed by atoms with van der Waals surface area (Å²) in [4.78, 5) is 1.47. The Morgan fingerprint density at radius 3 is 2.33 bits per heavy atom. The maximum Gasteiger partial charge on any atom is 0.418 e. The second-order valence-corrected chi connectivity index (χ2v) is 7.99. The standard InChI is InChI=1S/C22H13F5N2S/c1-12-6-18-19(4-2-13(10-28)21(18)22(25,26)27)29(12)11-17-3-5-20(30-17)14-7-15(23)9-16(24)8-14/h2-9H,11H2,1H3. The third-order valence-corrected chi connectivity index (χ3v) is 5.94. The third kappa shape index (κ3) is 3.57.